The Morgan fingerprint density at radius 1 is 0.421 bits per heavy atom. The maximum absolute atomic E-state index is 12.0. The third-order valence-electron chi connectivity index (χ3n) is 9.61. The molecule has 0 radical (unpaired) electrons. The molecule has 0 aromatic rings. The van der Waals surface area contributed by atoms with Crippen LogP contribution in [0.25, 0.3) is 0 Å². The largest absolute Gasteiger partial charge is 1.00 e. The number of aliphatic hydroxyl groups excluding tert-OH is 1. The third-order valence-corrected chi connectivity index (χ3v) is 9.61. The quantitative estimate of drug-likeness (QED) is 0.0979. The normalized spacial score (nSPS) is 11.3. The predicted octanol–water partition coefficient (Wildman–Crippen LogP) is 3.45. The van der Waals surface area contributed by atoms with E-state index >= 15 is 0 Å². The second kappa shape index (κ2) is 30.3. The summed E-state index contributed by atoms with van der Waals surface area (Å²) in [5.41, 5.74) is -5.43. The zero-order valence-electron chi connectivity index (χ0n) is 38.5. The van der Waals surface area contributed by atoms with E-state index in [4.69, 9.17) is 19.3 Å². The molecule has 0 spiro atoms. The van der Waals surface area contributed by atoms with Gasteiger partial charge in [-0.25, -0.2) is 0 Å². The van der Waals surface area contributed by atoms with Crippen molar-refractivity contribution in [1.82, 2.24) is 0 Å². The minimum absolute atomic E-state index is 0. The van der Waals surface area contributed by atoms with Gasteiger partial charge in [0.1, 0.15) is 11.2 Å². The van der Waals surface area contributed by atoms with Crippen LogP contribution in [0.3, 0.4) is 0 Å². The first-order chi connectivity index (χ1) is 25.2. The second-order valence-electron chi connectivity index (χ2n) is 14.8. The topological polar surface area (TPSA) is 245 Å². The number of methoxy groups -OCH3 is 4. The van der Waals surface area contributed by atoms with Crippen LogP contribution in [0.5, 0.6) is 0 Å². The molecule has 0 bridgehead atoms. The van der Waals surface area contributed by atoms with Crippen molar-refractivity contribution >= 4 is 41.8 Å². The first-order valence-electron chi connectivity index (χ1n) is 18.8. The minimum atomic E-state index is -1.35. The molecule has 0 rings (SSSR count). The number of hydrogen-bond donors (Lipinski definition) is 2. The van der Waals surface area contributed by atoms with E-state index in [0.717, 1.165) is 0 Å². The van der Waals surface area contributed by atoms with E-state index in [1.165, 1.54) is 28.4 Å². The van der Waals surface area contributed by atoms with Crippen molar-refractivity contribution in [2.75, 3.05) is 35.0 Å². The van der Waals surface area contributed by atoms with Gasteiger partial charge in [-0.2, -0.15) is 0 Å². The molecule has 0 amide bonds. The number of esters is 6. The van der Waals surface area contributed by atoms with Gasteiger partial charge in [0.25, 0.3) is 0 Å². The number of carbonyl (C=O) groups is 7. The number of carboxylic acid groups (broad SMARTS) is 1. The molecule has 0 saturated carbocycles. The molecule has 0 aromatic carbocycles. The van der Waals surface area contributed by atoms with Crippen LogP contribution in [0.4, 0.5) is 0 Å². The summed E-state index contributed by atoms with van der Waals surface area (Å²) in [7, 11) is 5.02. The molecule has 0 aromatic heterocycles. The number of rotatable bonds is 16. The van der Waals surface area contributed by atoms with Crippen LogP contribution in [0, 0.1) is 21.7 Å². The Morgan fingerprint density at radius 3 is 0.807 bits per heavy atom. The van der Waals surface area contributed by atoms with E-state index in [0.29, 0.717) is 38.5 Å². The Kier molecular flexibility index (Phi) is 35.1. The van der Waals surface area contributed by atoms with Crippen LogP contribution in [-0.2, 0) is 62.0 Å². The van der Waals surface area contributed by atoms with E-state index in [9.17, 15) is 38.7 Å². The van der Waals surface area contributed by atoms with Crippen molar-refractivity contribution in [1.29, 1.82) is 0 Å². The molecular weight excluding hydrogens is 759 g/mol. The van der Waals surface area contributed by atoms with Crippen LogP contribution < -0.4 is 29.6 Å². The molecule has 0 aliphatic rings. The maximum atomic E-state index is 12.0. The van der Waals surface area contributed by atoms with Gasteiger partial charge in [-0.15, -0.1) is 0 Å². The van der Waals surface area contributed by atoms with Gasteiger partial charge in [0.2, 0.25) is 0 Å². The van der Waals surface area contributed by atoms with Crippen molar-refractivity contribution in [2.45, 2.75) is 160 Å². The van der Waals surface area contributed by atoms with Crippen molar-refractivity contribution in [3.05, 3.63) is 0 Å². The Labute approximate surface area is 363 Å². The summed E-state index contributed by atoms with van der Waals surface area (Å²) in [5.74, 6) is -4.14. The van der Waals surface area contributed by atoms with E-state index in [2.05, 4.69) is 14.2 Å². The van der Waals surface area contributed by atoms with E-state index in [1.807, 2.05) is 34.6 Å². The number of hydrogen-bond acceptors (Lipinski definition) is 15. The molecule has 0 aliphatic heterocycles. The monoisotopic (exact) mass is 834 g/mol. The summed E-state index contributed by atoms with van der Waals surface area (Å²) in [5, 5.41) is 18.1. The summed E-state index contributed by atoms with van der Waals surface area (Å²) in [6, 6.07) is 0. The fourth-order valence-corrected chi connectivity index (χ4v) is 5.12. The molecule has 332 valence electrons. The molecule has 0 unspecified atom stereocenters. The van der Waals surface area contributed by atoms with Gasteiger partial charge in [-0.05, 0) is 92.9 Å². The van der Waals surface area contributed by atoms with Gasteiger partial charge in [0, 0.05) is 0 Å². The Bertz CT molecular complexity index is 1170. The zero-order chi connectivity index (χ0) is 44.6. The first kappa shape index (κ1) is 66.0. The molecule has 3 N–H and O–H groups in total. The molecule has 0 saturated heterocycles. The predicted molar refractivity (Wildman–Crippen MR) is 208 cm³/mol. The average Bonchev–Trinajstić information content (AvgIpc) is 3.13. The van der Waals surface area contributed by atoms with Crippen molar-refractivity contribution < 1.29 is 107 Å². The zero-order valence-corrected chi connectivity index (χ0v) is 40.5. The maximum Gasteiger partial charge on any atom is 1.00 e. The fraction of sp³-hybridized carbons (Fsp3) is 0.825. The van der Waals surface area contributed by atoms with Crippen LogP contribution in [0.1, 0.15) is 148 Å². The summed E-state index contributed by atoms with van der Waals surface area (Å²) in [6.45, 7) is 24.9. The molecule has 0 atom stereocenters. The van der Waals surface area contributed by atoms with E-state index < -0.39 is 68.7 Å². The Balaban J connectivity index is -0.000000151. The van der Waals surface area contributed by atoms with Crippen LogP contribution in [0.2, 0.25) is 0 Å². The van der Waals surface area contributed by atoms with Crippen molar-refractivity contribution in [3.63, 3.8) is 0 Å². The van der Waals surface area contributed by atoms with Gasteiger partial charge in [0.05, 0.1) is 40.5 Å². The van der Waals surface area contributed by atoms with Gasteiger partial charge in [-0.3, -0.25) is 33.6 Å². The van der Waals surface area contributed by atoms with Gasteiger partial charge >= 0.3 is 71.3 Å². The standard InChI is InChI=1S/C12H22O4.C11H22O3.C9H16O4.C8H14O4.Na.H2O/c1-7-12(8-2,9(13)15-6)10(14)16-11(3,4)5;1-6-11(7-2,8-12)9(13)14-10(3,4)5;1-5-9(6-2,7(10)12-3)8(11)13-4;1-4-8(5-2,6(9)10)7(11)12-3;;/h7-8H2,1-6H3;12H,6-8H2,1-5H3;5-6H2,1-4H3;4-5H2,1-3H3,(H,9,10);;1H2/q;;;;+1;/p-1. The Morgan fingerprint density at radius 2 is 0.649 bits per heavy atom. The summed E-state index contributed by atoms with van der Waals surface area (Å²) >= 11 is 0. The molecule has 57 heavy (non-hydrogen) atoms. The van der Waals surface area contributed by atoms with Gasteiger partial charge in [-0.1, -0.05) is 55.4 Å². The third kappa shape index (κ3) is 19.7. The van der Waals surface area contributed by atoms with Gasteiger partial charge in [0.15, 0.2) is 16.2 Å². The summed E-state index contributed by atoms with van der Waals surface area (Å²) in [4.78, 5) is 80.2. The number of aliphatic carboxylic acids is 1. The Hall–Kier alpha value is -2.79. The number of aliphatic hydroxyl groups is 1. The van der Waals surface area contributed by atoms with Crippen LogP contribution in [-0.4, -0.2) is 104 Å². The number of ether oxygens (including phenoxy) is 6. The number of carbonyl (C=O) groups excluding carboxylic acids is 6. The van der Waals surface area contributed by atoms with Crippen LogP contribution in [0.15, 0.2) is 0 Å². The molecule has 16 nitrogen and oxygen atoms in total. The van der Waals surface area contributed by atoms with E-state index in [1.54, 1.807) is 62.3 Å². The smallest absolute Gasteiger partial charge is 0.870 e. The van der Waals surface area contributed by atoms with Gasteiger partial charge < -0.3 is 44.1 Å². The molecule has 17 heteroatoms. The molecule has 0 aliphatic carbocycles. The summed E-state index contributed by atoms with van der Waals surface area (Å²) < 4.78 is 28.8. The van der Waals surface area contributed by atoms with E-state index in [-0.39, 0.29) is 60.5 Å². The minimum Gasteiger partial charge on any atom is -0.870 e. The second-order valence-corrected chi connectivity index (χ2v) is 14.8. The first-order valence-corrected chi connectivity index (χ1v) is 18.8. The summed E-state index contributed by atoms with van der Waals surface area (Å²) in [6.07, 6.45) is 3.27. The van der Waals surface area contributed by atoms with Crippen molar-refractivity contribution in [2.24, 2.45) is 21.7 Å². The van der Waals surface area contributed by atoms with Crippen LogP contribution >= 0.6 is 0 Å². The molecule has 0 fully saturated rings. The fourth-order valence-electron chi connectivity index (χ4n) is 5.12. The molecule has 0 heterocycles. The average molecular weight is 835 g/mol. The number of carboxylic acids is 1. The van der Waals surface area contributed by atoms with Crippen molar-refractivity contribution in [3.8, 4) is 0 Å². The molecular formula is C40H75NaO16. The SMILES string of the molecule is CCC(CC)(C(=O)O)C(=O)OC.CCC(CC)(C(=O)OC)C(=O)OC.CCC(CC)(C(=O)OC)C(=O)OC(C)(C)C.CCC(CC)(CO)C(=O)OC(C)(C)C.[Na+].[OH-].